The Balaban J connectivity index is 1.68. The molecule has 0 aliphatic heterocycles. The zero-order valence-electron chi connectivity index (χ0n) is 11.1. The summed E-state index contributed by atoms with van der Waals surface area (Å²) in [5, 5.41) is 10.4. The molecule has 0 aliphatic carbocycles. The Bertz CT molecular complexity index is 769. The van der Waals surface area contributed by atoms with Crippen molar-refractivity contribution >= 4 is 16.9 Å². The third-order valence-electron chi connectivity index (χ3n) is 2.86. The van der Waals surface area contributed by atoms with E-state index >= 15 is 0 Å². The second kappa shape index (κ2) is 5.51. The number of halogens is 3. The van der Waals surface area contributed by atoms with Crippen LogP contribution in [0.4, 0.5) is 19.0 Å². The van der Waals surface area contributed by atoms with Gasteiger partial charge in [-0.15, -0.1) is 13.2 Å². The van der Waals surface area contributed by atoms with Crippen LogP contribution in [0.1, 0.15) is 5.56 Å². The molecule has 114 valence electrons. The zero-order chi connectivity index (χ0) is 15.6. The van der Waals surface area contributed by atoms with Crippen molar-refractivity contribution in [2.45, 2.75) is 12.9 Å². The maximum absolute atomic E-state index is 12.1. The van der Waals surface area contributed by atoms with Gasteiger partial charge in [-0.05, 0) is 17.7 Å². The highest BCUT2D eigenvalue weighted by Crippen LogP contribution is 2.23. The van der Waals surface area contributed by atoms with E-state index in [1.807, 2.05) is 0 Å². The monoisotopic (exact) mass is 309 g/mol. The van der Waals surface area contributed by atoms with Gasteiger partial charge in [-0.25, -0.2) is 9.97 Å². The standard InChI is InChI=1S/C13H10F3N5O/c14-13(15,16)22-9-3-1-8(2-4-9)5-17-11-10-6-20-21-12(10)19-7-18-11/h1-4,6-7H,5H2,(H2,17,18,19,20,21). The summed E-state index contributed by atoms with van der Waals surface area (Å²) < 4.78 is 40.0. The van der Waals surface area contributed by atoms with E-state index in [0.29, 0.717) is 18.0 Å². The van der Waals surface area contributed by atoms with E-state index in [-0.39, 0.29) is 5.75 Å². The molecule has 0 saturated carbocycles. The second-order valence-corrected chi connectivity index (χ2v) is 4.40. The van der Waals surface area contributed by atoms with Crippen LogP contribution in [-0.2, 0) is 6.54 Å². The number of alkyl halides is 3. The van der Waals surface area contributed by atoms with Crippen LogP contribution in [0.3, 0.4) is 0 Å². The summed E-state index contributed by atoms with van der Waals surface area (Å²) in [6.07, 6.45) is -1.70. The Hall–Kier alpha value is -2.84. The maximum Gasteiger partial charge on any atom is 0.573 e. The van der Waals surface area contributed by atoms with Gasteiger partial charge >= 0.3 is 6.36 Å². The lowest BCUT2D eigenvalue weighted by Crippen LogP contribution is -2.17. The normalized spacial score (nSPS) is 11.6. The van der Waals surface area contributed by atoms with Gasteiger partial charge in [0.15, 0.2) is 5.65 Å². The van der Waals surface area contributed by atoms with Crippen LogP contribution in [0.5, 0.6) is 5.75 Å². The highest BCUT2D eigenvalue weighted by atomic mass is 19.4. The number of aromatic nitrogens is 4. The largest absolute Gasteiger partial charge is 0.573 e. The van der Waals surface area contributed by atoms with Crippen molar-refractivity contribution in [1.29, 1.82) is 0 Å². The topological polar surface area (TPSA) is 75.7 Å². The van der Waals surface area contributed by atoms with E-state index < -0.39 is 6.36 Å². The van der Waals surface area contributed by atoms with Crippen molar-refractivity contribution in [3.8, 4) is 5.75 Å². The number of nitrogens with zero attached hydrogens (tertiary/aromatic N) is 3. The highest BCUT2D eigenvalue weighted by molar-refractivity contribution is 5.85. The van der Waals surface area contributed by atoms with E-state index in [4.69, 9.17) is 0 Å². The fourth-order valence-electron chi connectivity index (χ4n) is 1.90. The summed E-state index contributed by atoms with van der Waals surface area (Å²) in [4.78, 5) is 8.11. The number of hydrogen-bond donors (Lipinski definition) is 2. The zero-order valence-corrected chi connectivity index (χ0v) is 11.1. The molecule has 0 amide bonds. The summed E-state index contributed by atoms with van der Waals surface area (Å²) in [5.74, 6) is 0.338. The predicted octanol–water partition coefficient (Wildman–Crippen LogP) is 2.86. The fourth-order valence-corrected chi connectivity index (χ4v) is 1.90. The molecule has 2 N–H and O–H groups in total. The summed E-state index contributed by atoms with van der Waals surface area (Å²) in [5.41, 5.74) is 1.39. The van der Waals surface area contributed by atoms with Crippen LogP contribution in [0.25, 0.3) is 11.0 Å². The number of benzene rings is 1. The fraction of sp³-hybridized carbons (Fsp3) is 0.154. The maximum atomic E-state index is 12.1. The van der Waals surface area contributed by atoms with Crippen molar-refractivity contribution in [3.05, 3.63) is 42.4 Å². The molecule has 0 bridgehead atoms. The minimum Gasteiger partial charge on any atom is -0.406 e. The Labute approximate surface area is 122 Å². The first-order valence-corrected chi connectivity index (χ1v) is 6.24. The molecule has 22 heavy (non-hydrogen) atoms. The molecule has 0 aliphatic rings. The Morgan fingerprint density at radius 3 is 2.64 bits per heavy atom. The van der Waals surface area contributed by atoms with E-state index in [0.717, 1.165) is 10.9 Å². The first-order chi connectivity index (χ1) is 10.5. The molecule has 0 unspecified atom stereocenters. The molecule has 0 saturated heterocycles. The third kappa shape index (κ3) is 3.25. The smallest absolute Gasteiger partial charge is 0.406 e. The SMILES string of the molecule is FC(F)(F)Oc1ccc(CNc2ncnc3[nH]ncc23)cc1. The van der Waals surface area contributed by atoms with E-state index in [1.165, 1.54) is 18.5 Å². The van der Waals surface area contributed by atoms with Crippen molar-refractivity contribution in [3.63, 3.8) is 0 Å². The molecule has 0 radical (unpaired) electrons. The van der Waals surface area contributed by atoms with Crippen molar-refractivity contribution in [1.82, 2.24) is 20.2 Å². The average molecular weight is 309 g/mol. The Morgan fingerprint density at radius 2 is 1.91 bits per heavy atom. The van der Waals surface area contributed by atoms with Crippen LogP contribution in [0.15, 0.2) is 36.8 Å². The number of rotatable bonds is 4. The van der Waals surface area contributed by atoms with Crippen LogP contribution in [-0.4, -0.2) is 26.5 Å². The summed E-state index contributed by atoms with van der Waals surface area (Å²) >= 11 is 0. The predicted molar refractivity (Wildman–Crippen MR) is 72.1 cm³/mol. The van der Waals surface area contributed by atoms with Gasteiger partial charge in [0.2, 0.25) is 0 Å². The molecular weight excluding hydrogens is 299 g/mol. The van der Waals surface area contributed by atoms with Gasteiger partial charge < -0.3 is 10.1 Å². The molecule has 3 aromatic rings. The summed E-state index contributed by atoms with van der Waals surface area (Å²) in [6, 6.07) is 5.61. The van der Waals surface area contributed by atoms with Crippen LogP contribution in [0.2, 0.25) is 0 Å². The lowest BCUT2D eigenvalue weighted by atomic mass is 10.2. The molecule has 3 rings (SSSR count). The number of nitrogens with one attached hydrogen (secondary N) is 2. The number of ether oxygens (including phenoxy) is 1. The number of anilines is 1. The molecule has 0 atom stereocenters. The van der Waals surface area contributed by atoms with Crippen molar-refractivity contribution in [2.24, 2.45) is 0 Å². The molecule has 9 heteroatoms. The number of H-pyrrole nitrogens is 1. The van der Waals surface area contributed by atoms with Gasteiger partial charge in [-0.3, -0.25) is 5.10 Å². The molecule has 0 spiro atoms. The Morgan fingerprint density at radius 1 is 1.14 bits per heavy atom. The number of hydrogen-bond acceptors (Lipinski definition) is 5. The second-order valence-electron chi connectivity index (χ2n) is 4.40. The molecule has 0 fully saturated rings. The van der Waals surface area contributed by atoms with Crippen LogP contribution >= 0.6 is 0 Å². The number of fused-ring (bicyclic) bond motifs is 1. The molecule has 2 heterocycles. The van der Waals surface area contributed by atoms with E-state index in [1.54, 1.807) is 18.3 Å². The molecule has 1 aromatic carbocycles. The highest BCUT2D eigenvalue weighted by Gasteiger charge is 2.30. The molecule has 2 aromatic heterocycles. The molecule has 6 nitrogen and oxygen atoms in total. The average Bonchev–Trinajstić information content (AvgIpc) is 2.94. The van der Waals surface area contributed by atoms with Crippen LogP contribution < -0.4 is 10.1 Å². The van der Waals surface area contributed by atoms with Crippen molar-refractivity contribution < 1.29 is 17.9 Å². The van der Waals surface area contributed by atoms with Gasteiger partial charge in [0.25, 0.3) is 0 Å². The van der Waals surface area contributed by atoms with Gasteiger partial charge in [-0.1, -0.05) is 12.1 Å². The summed E-state index contributed by atoms with van der Waals surface area (Å²) in [6.45, 7) is 0.392. The third-order valence-corrected chi connectivity index (χ3v) is 2.86. The molecular formula is C13H10F3N5O. The van der Waals surface area contributed by atoms with Gasteiger partial charge in [0, 0.05) is 6.54 Å². The first-order valence-electron chi connectivity index (χ1n) is 6.24. The van der Waals surface area contributed by atoms with E-state index in [2.05, 4.69) is 30.2 Å². The van der Waals surface area contributed by atoms with Gasteiger partial charge in [0.05, 0.1) is 11.6 Å². The number of aromatic amines is 1. The van der Waals surface area contributed by atoms with Gasteiger partial charge in [0.1, 0.15) is 17.9 Å². The summed E-state index contributed by atoms with van der Waals surface area (Å²) in [7, 11) is 0. The lowest BCUT2D eigenvalue weighted by molar-refractivity contribution is -0.274. The minimum absolute atomic E-state index is 0.254. The Kier molecular flexibility index (Phi) is 3.53. The minimum atomic E-state index is -4.69. The lowest BCUT2D eigenvalue weighted by Gasteiger charge is -2.10. The first kappa shape index (κ1) is 14.1. The quantitative estimate of drug-likeness (QED) is 0.775. The van der Waals surface area contributed by atoms with Gasteiger partial charge in [-0.2, -0.15) is 5.10 Å². The van der Waals surface area contributed by atoms with Crippen molar-refractivity contribution in [2.75, 3.05) is 5.32 Å². The van der Waals surface area contributed by atoms with Crippen LogP contribution in [0, 0.1) is 0 Å². The van der Waals surface area contributed by atoms with E-state index in [9.17, 15) is 13.2 Å².